The molecule has 0 aliphatic carbocycles. The Morgan fingerprint density at radius 3 is 1.76 bits per heavy atom. The predicted molar refractivity (Wildman–Crippen MR) is 191 cm³/mol. The molecule has 2 heterocycles. The van der Waals surface area contributed by atoms with Crippen LogP contribution >= 0.6 is 31.9 Å². The molecule has 11 heteroatoms. The Kier molecular flexibility index (Phi) is 10.3. The molecule has 0 aliphatic heterocycles. The number of nitrogens with zero attached hydrogens (tertiary/aromatic N) is 3. The summed E-state index contributed by atoms with van der Waals surface area (Å²) < 4.78 is 36.5. The molecule has 45 heavy (non-hydrogen) atoms. The van der Waals surface area contributed by atoms with Gasteiger partial charge in [0, 0.05) is 68.7 Å². The van der Waals surface area contributed by atoms with Gasteiger partial charge in [-0.2, -0.15) is 4.31 Å². The number of sulfonamides is 1. The number of ether oxygens (including phenoxy) is 1. The van der Waals surface area contributed by atoms with Crippen LogP contribution in [0.4, 0.5) is 11.4 Å². The van der Waals surface area contributed by atoms with E-state index in [1.54, 1.807) is 35.7 Å². The largest absolute Gasteiger partial charge is 0.497 e. The first-order valence-electron chi connectivity index (χ1n) is 14.7. The van der Waals surface area contributed by atoms with Gasteiger partial charge in [0.1, 0.15) is 5.75 Å². The van der Waals surface area contributed by atoms with Crippen LogP contribution in [0, 0.1) is 27.7 Å². The zero-order valence-electron chi connectivity index (χ0n) is 26.0. The van der Waals surface area contributed by atoms with Crippen LogP contribution in [0.15, 0.2) is 74.5 Å². The molecule has 0 saturated heterocycles. The highest BCUT2D eigenvalue weighted by atomic mass is 79.9. The highest BCUT2D eigenvalue weighted by Crippen LogP contribution is 2.32. The Bertz CT molecular complexity index is 1970. The molecule has 0 spiro atoms. The van der Waals surface area contributed by atoms with Crippen LogP contribution in [-0.4, -0.2) is 56.0 Å². The first-order valence-corrected chi connectivity index (χ1v) is 17.8. The van der Waals surface area contributed by atoms with Gasteiger partial charge in [-0.3, -0.25) is 9.97 Å². The molecule has 0 saturated carbocycles. The minimum Gasteiger partial charge on any atom is -0.497 e. The van der Waals surface area contributed by atoms with Crippen molar-refractivity contribution in [3.63, 3.8) is 0 Å². The lowest BCUT2D eigenvalue weighted by Gasteiger charge is -2.23. The van der Waals surface area contributed by atoms with E-state index >= 15 is 0 Å². The summed E-state index contributed by atoms with van der Waals surface area (Å²) >= 11 is 7.30. The number of nitrogens with one attached hydrogen (secondary N) is 2. The van der Waals surface area contributed by atoms with Gasteiger partial charge in [-0.1, -0.05) is 0 Å². The molecular weight excluding hydrogens is 718 g/mol. The third-order valence-electron chi connectivity index (χ3n) is 7.55. The summed E-state index contributed by atoms with van der Waals surface area (Å²) in [7, 11) is -2.21. The zero-order valence-corrected chi connectivity index (χ0v) is 30.0. The van der Waals surface area contributed by atoms with E-state index in [9.17, 15) is 8.42 Å². The predicted octanol–water partition coefficient (Wildman–Crippen LogP) is 8.16. The standard InChI is InChI=1S/C34H37Br2N5O3S/c1-21-15-27-31(19-23(3)39-33(27)29(35)17-21)37-11-6-13-41(45(42,43)26-9-7-25(44-5)8-10-26)14-12-38-32-20-24(4)40-34-28(32)16-22(2)18-30(34)36/h7-10,15-20H,6,11-14H2,1-5H3,(H,37,39)(H,38,40). The molecular formula is C34H37Br2N5O3S. The smallest absolute Gasteiger partial charge is 0.243 e. The fourth-order valence-corrected chi connectivity index (χ4v) is 8.24. The second kappa shape index (κ2) is 14.0. The third kappa shape index (κ3) is 7.60. The normalized spacial score (nSPS) is 11.8. The number of anilines is 2. The molecule has 0 fully saturated rings. The maximum absolute atomic E-state index is 13.9. The van der Waals surface area contributed by atoms with Gasteiger partial charge in [0.15, 0.2) is 0 Å². The Labute approximate surface area is 281 Å². The quantitative estimate of drug-likeness (QED) is 0.124. The van der Waals surface area contributed by atoms with Crippen LogP contribution in [0.2, 0.25) is 0 Å². The Balaban J connectivity index is 1.35. The highest BCUT2D eigenvalue weighted by Gasteiger charge is 2.24. The number of hydrogen-bond acceptors (Lipinski definition) is 7. The van der Waals surface area contributed by atoms with Gasteiger partial charge < -0.3 is 15.4 Å². The summed E-state index contributed by atoms with van der Waals surface area (Å²) in [6, 6.07) is 18.9. The Morgan fingerprint density at radius 1 is 0.733 bits per heavy atom. The first-order chi connectivity index (χ1) is 21.5. The number of halogens is 2. The highest BCUT2D eigenvalue weighted by molar-refractivity contribution is 9.11. The average molecular weight is 756 g/mol. The first kappa shape index (κ1) is 33.1. The van der Waals surface area contributed by atoms with Gasteiger partial charge in [-0.25, -0.2) is 8.42 Å². The molecule has 236 valence electrons. The summed E-state index contributed by atoms with van der Waals surface area (Å²) in [5, 5.41) is 9.05. The molecule has 5 rings (SSSR count). The SMILES string of the molecule is COc1ccc(S(=O)(=O)N(CCCNc2cc(C)nc3c(Br)cc(C)cc23)CCNc2cc(C)nc3c(Br)cc(C)cc23)cc1. The van der Waals surface area contributed by atoms with Crippen molar-refractivity contribution in [1.29, 1.82) is 0 Å². The summed E-state index contributed by atoms with van der Waals surface area (Å²) in [6.45, 7) is 9.67. The molecule has 0 bridgehead atoms. The van der Waals surface area contributed by atoms with Gasteiger partial charge in [-0.05, 0) is 138 Å². The number of methoxy groups -OCH3 is 1. The summed E-state index contributed by atoms with van der Waals surface area (Å²) in [5.41, 5.74) is 7.71. The molecule has 0 amide bonds. The van der Waals surface area contributed by atoms with E-state index in [0.717, 1.165) is 64.6 Å². The van der Waals surface area contributed by atoms with E-state index in [4.69, 9.17) is 14.7 Å². The van der Waals surface area contributed by atoms with Crippen molar-refractivity contribution < 1.29 is 13.2 Å². The fraction of sp³-hybridized carbons (Fsp3) is 0.294. The third-order valence-corrected chi connectivity index (χ3v) is 10.7. The van der Waals surface area contributed by atoms with Crippen LogP contribution < -0.4 is 15.4 Å². The van der Waals surface area contributed by atoms with Crippen molar-refractivity contribution in [1.82, 2.24) is 14.3 Å². The van der Waals surface area contributed by atoms with E-state index in [-0.39, 0.29) is 11.4 Å². The second-order valence-electron chi connectivity index (χ2n) is 11.2. The Hall–Kier alpha value is -3.25. The van der Waals surface area contributed by atoms with Crippen molar-refractivity contribution in [3.8, 4) is 5.75 Å². The lowest BCUT2D eigenvalue weighted by atomic mass is 10.1. The van der Waals surface area contributed by atoms with Crippen LogP contribution in [0.25, 0.3) is 21.8 Å². The van der Waals surface area contributed by atoms with Gasteiger partial charge in [0.05, 0.1) is 23.0 Å². The van der Waals surface area contributed by atoms with Crippen molar-refractivity contribution in [2.75, 3.05) is 43.9 Å². The van der Waals surface area contributed by atoms with Gasteiger partial charge in [0.2, 0.25) is 10.0 Å². The number of aryl methyl sites for hydroxylation is 4. The summed E-state index contributed by atoms with van der Waals surface area (Å²) in [6.07, 6.45) is 0.606. The lowest BCUT2D eigenvalue weighted by molar-refractivity contribution is 0.412. The van der Waals surface area contributed by atoms with E-state index in [2.05, 4.69) is 67.6 Å². The Morgan fingerprint density at radius 2 is 1.24 bits per heavy atom. The number of fused-ring (bicyclic) bond motifs is 2. The second-order valence-corrected chi connectivity index (χ2v) is 14.8. The molecule has 0 atom stereocenters. The van der Waals surface area contributed by atoms with E-state index in [1.165, 1.54) is 0 Å². The molecule has 2 aromatic heterocycles. The van der Waals surface area contributed by atoms with E-state index in [1.807, 2.05) is 39.0 Å². The summed E-state index contributed by atoms with van der Waals surface area (Å²) in [5.74, 6) is 0.606. The van der Waals surface area contributed by atoms with E-state index < -0.39 is 10.0 Å². The molecule has 3 aromatic carbocycles. The van der Waals surface area contributed by atoms with Crippen molar-refractivity contribution >= 4 is 75.1 Å². The van der Waals surface area contributed by atoms with Crippen LogP contribution in [0.3, 0.4) is 0 Å². The average Bonchev–Trinajstić information content (AvgIpc) is 2.99. The van der Waals surface area contributed by atoms with Crippen molar-refractivity contribution in [3.05, 3.63) is 92.1 Å². The van der Waals surface area contributed by atoms with Crippen LogP contribution in [-0.2, 0) is 10.0 Å². The summed E-state index contributed by atoms with van der Waals surface area (Å²) in [4.78, 5) is 9.65. The number of aromatic nitrogens is 2. The van der Waals surface area contributed by atoms with Crippen molar-refractivity contribution in [2.24, 2.45) is 0 Å². The number of rotatable bonds is 12. The molecule has 0 unspecified atom stereocenters. The maximum atomic E-state index is 13.9. The van der Waals surface area contributed by atoms with E-state index in [0.29, 0.717) is 31.8 Å². The minimum atomic E-state index is -3.77. The topological polar surface area (TPSA) is 96.5 Å². The molecule has 8 nitrogen and oxygen atoms in total. The molecule has 0 radical (unpaired) electrons. The maximum Gasteiger partial charge on any atom is 0.243 e. The molecule has 5 aromatic rings. The minimum absolute atomic E-state index is 0.233. The lowest BCUT2D eigenvalue weighted by Crippen LogP contribution is -2.36. The van der Waals surface area contributed by atoms with Crippen LogP contribution in [0.1, 0.15) is 28.9 Å². The van der Waals surface area contributed by atoms with Gasteiger partial charge >= 0.3 is 0 Å². The number of benzene rings is 3. The van der Waals surface area contributed by atoms with Gasteiger partial charge in [0.25, 0.3) is 0 Å². The van der Waals surface area contributed by atoms with Crippen molar-refractivity contribution in [2.45, 2.75) is 39.0 Å². The monoisotopic (exact) mass is 753 g/mol. The van der Waals surface area contributed by atoms with Crippen LogP contribution in [0.5, 0.6) is 5.75 Å². The molecule has 2 N–H and O–H groups in total. The number of pyridine rings is 2. The zero-order chi connectivity index (χ0) is 32.3. The van der Waals surface area contributed by atoms with Gasteiger partial charge in [-0.15, -0.1) is 0 Å². The molecule has 0 aliphatic rings. The number of hydrogen-bond donors (Lipinski definition) is 2. The fourth-order valence-electron chi connectivity index (χ4n) is 5.43.